The quantitative estimate of drug-likeness (QED) is 0.408. The van der Waals surface area contributed by atoms with Crippen molar-refractivity contribution in [3.05, 3.63) is 89.3 Å². The predicted octanol–water partition coefficient (Wildman–Crippen LogP) is 3.77. The molecule has 0 aliphatic heterocycles. The summed E-state index contributed by atoms with van der Waals surface area (Å²) < 4.78 is 0. The van der Waals surface area contributed by atoms with Gasteiger partial charge in [-0.15, -0.1) is 0 Å². The molecule has 168 valence electrons. The van der Waals surface area contributed by atoms with Crippen LogP contribution in [-0.4, -0.2) is 44.9 Å². The highest BCUT2D eigenvalue weighted by Crippen LogP contribution is 1.90. The lowest BCUT2D eigenvalue weighted by Crippen LogP contribution is -1.91. The molecule has 4 aromatic heterocycles. The molecular weight excluding hydrogens is 402 g/mol. The SMILES string of the molecule is Cc1ccnc(C)n1.Cc1ccnc(C)n1.Cc1cncc(C)n1.Cc1ncnc(C)n1. The van der Waals surface area contributed by atoms with E-state index < -0.39 is 0 Å². The lowest BCUT2D eigenvalue weighted by atomic mass is 10.4. The van der Waals surface area contributed by atoms with Crippen molar-refractivity contribution in [3.63, 3.8) is 0 Å². The molecule has 0 saturated carbocycles. The van der Waals surface area contributed by atoms with Gasteiger partial charge in [0.05, 0.1) is 11.4 Å². The zero-order valence-electron chi connectivity index (χ0n) is 20.1. The molecule has 0 fully saturated rings. The van der Waals surface area contributed by atoms with E-state index in [2.05, 4.69) is 44.9 Å². The van der Waals surface area contributed by atoms with Crippen molar-refractivity contribution >= 4 is 0 Å². The zero-order chi connectivity index (χ0) is 23.9. The van der Waals surface area contributed by atoms with E-state index in [0.717, 1.165) is 46.1 Å². The number of aryl methyl sites for hydroxylation is 8. The first-order valence-electron chi connectivity index (χ1n) is 10.1. The summed E-state index contributed by atoms with van der Waals surface area (Å²) in [5.74, 6) is 3.23. The van der Waals surface area contributed by atoms with Crippen molar-refractivity contribution in [2.75, 3.05) is 0 Å². The molecule has 0 radical (unpaired) electrons. The molecule has 0 aromatic carbocycles. The second-order valence-corrected chi connectivity index (χ2v) is 6.87. The van der Waals surface area contributed by atoms with Gasteiger partial charge in [-0.1, -0.05) is 0 Å². The maximum atomic E-state index is 4.11. The molecule has 9 heteroatoms. The molecule has 0 N–H and O–H groups in total. The van der Waals surface area contributed by atoms with Crippen LogP contribution in [0.15, 0.2) is 43.2 Å². The van der Waals surface area contributed by atoms with E-state index in [1.165, 1.54) is 6.33 Å². The van der Waals surface area contributed by atoms with Crippen LogP contribution in [-0.2, 0) is 0 Å². The van der Waals surface area contributed by atoms with E-state index in [9.17, 15) is 0 Å². The highest BCUT2D eigenvalue weighted by Gasteiger charge is 1.86. The van der Waals surface area contributed by atoms with Gasteiger partial charge in [-0.05, 0) is 67.5 Å². The van der Waals surface area contributed by atoms with Gasteiger partial charge in [-0.3, -0.25) is 9.97 Å². The van der Waals surface area contributed by atoms with Crippen molar-refractivity contribution in [2.24, 2.45) is 0 Å². The van der Waals surface area contributed by atoms with E-state index >= 15 is 0 Å². The van der Waals surface area contributed by atoms with Crippen LogP contribution in [0.2, 0.25) is 0 Å². The van der Waals surface area contributed by atoms with Crippen LogP contribution in [0, 0.1) is 55.4 Å². The third-order valence-corrected chi connectivity index (χ3v) is 3.52. The smallest absolute Gasteiger partial charge is 0.129 e. The summed E-state index contributed by atoms with van der Waals surface area (Å²) >= 11 is 0. The summed E-state index contributed by atoms with van der Waals surface area (Å²) in [7, 11) is 0. The van der Waals surface area contributed by atoms with Gasteiger partial charge < -0.3 is 0 Å². The fourth-order valence-electron chi connectivity index (χ4n) is 2.23. The second-order valence-electron chi connectivity index (χ2n) is 6.87. The first-order valence-corrected chi connectivity index (χ1v) is 10.1. The van der Waals surface area contributed by atoms with Gasteiger partial charge >= 0.3 is 0 Å². The average Bonchev–Trinajstić information content (AvgIpc) is 2.69. The molecular formula is C23H31N9. The summed E-state index contributed by atoms with van der Waals surface area (Å²) in [5, 5.41) is 0. The second kappa shape index (κ2) is 14.3. The van der Waals surface area contributed by atoms with Crippen LogP contribution in [0.1, 0.15) is 46.1 Å². The van der Waals surface area contributed by atoms with E-state index in [1.807, 2.05) is 67.5 Å². The van der Waals surface area contributed by atoms with Crippen molar-refractivity contribution in [1.82, 2.24) is 44.9 Å². The zero-order valence-corrected chi connectivity index (χ0v) is 20.1. The Morgan fingerprint density at radius 2 is 0.844 bits per heavy atom. The van der Waals surface area contributed by atoms with Crippen LogP contribution < -0.4 is 0 Å². The van der Waals surface area contributed by atoms with E-state index in [4.69, 9.17) is 0 Å². The minimum Gasteiger partial charge on any atom is -0.261 e. The van der Waals surface area contributed by atoms with Crippen molar-refractivity contribution in [1.29, 1.82) is 0 Å². The summed E-state index contributed by atoms with van der Waals surface area (Å²) in [6, 6.07) is 3.76. The molecule has 0 bridgehead atoms. The molecule has 0 aliphatic carbocycles. The first-order chi connectivity index (χ1) is 15.2. The monoisotopic (exact) mass is 433 g/mol. The Kier molecular flexibility index (Phi) is 11.7. The Balaban J connectivity index is 0.000000213. The molecule has 4 rings (SSSR count). The summed E-state index contributed by atoms with van der Waals surface area (Å²) in [4.78, 5) is 35.6. The van der Waals surface area contributed by atoms with Crippen LogP contribution in [0.5, 0.6) is 0 Å². The fraction of sp³-hybridized carbons (Fsp3) is 0.348. The van der Waals surface area contributed by atoms with Crippen LogP contribution >= 0.6 is 0 Å². The minimum absolute atomic E-state index is 0.775. The molecule has 4 aromatic rings. The molecule has 32 heavy (non-hydrogen) atoms. The van der Waals surface area contributed by atoms with Crippen molar-refractivity contribution < 1.29 is 0 Å². The lowest BCUT2D eigenvalue weighted by Gasteiger charge is -1.89. The molecule has 0 atom stereocenters. The van der Waals surface area contributed by atoms with Gasteiger partial charge in [0, 0.05) is 36.2 Å². The Morgan fingerprint density at radius 1 is 0.438 bits per heavy atom. The molecule has 9 nitrogen and oxygen atoms in total. The third-order valence-electron chi connectivity index (χ3n) is 3.52. The highest BCUT2D eigenvalue weighted by atomic mass is 15.0. The first kappa shape index (κ1) is 26.3. The molecule has 0 amide bonds. The average molecular weight is 434 g/mol. The van der Waals surface area contributed by atoms with Gasteiger partial charge in [0.25, 0.3) is 0 Å². The maximum Gasteiger partial charge on any atom is 0.129 e. The summed E-state index contributed by atoms with van der Waals surface area (Å²) in [6.07, 6.45) is 8.52. The highest BCUT2D eigenvalue weighted by molar-refractivity contribution is 4.99. The lowest BCUT2D eigenvalue weighted by molar-refractivity contribution is 0.920. The van der Waals surface area contributed by atoms with E-state index in [-0.39, 0.29) is 0 Å². The number of hydrogen-bond donors (Lipinski definition) is 0. The Morgan fingerprint density at radius 3 is 1.06 bits per heavy atom. The van der Waals surface area contributed by atoms with Gasteiger partial charge in [0.15, 0.2) is 0 Å². The van der Waals surface area contributed by atoms with E-state index in [0.29, 0.717) is 0 Å². The third kappa shape index (κ3) is 12.7. The summed E-state index contributed by atoms with van der Waals surface area (Å²) in [5.41, 5.74) is 4.00. The molecule has 0 unspecified atom stereocenters. The maximum absolute atomic E-state index is 4.11. The number of aromatic nitrogens is 9. The number of hydrogen-bond acceptors (Lipinski definition) is 9. The topological polar surface area (TPSA) is 116 Å². The Labute approximate surface area is 190 Å². The number of nitrogens with zero attached hydrogens (tertiary/aromatic N) is 9. The van der Waals surface area contributed by atoms with Gasteiger partial charge in [-0.25, -0.2) is 34.9 Å². The van der Waals surface area contributed by atoms with Crippen LogP contribution in [0.25, 0.3) is 0 Å². The van der Waals surface area contributed by atoms with E-state index in [1.54, 1.807) is 24.8 Å². The van der Waals surface area contributed by atoms with Crippen molar-refractivity contribution in [2.45, 2.75) is 55.4 Å². The van der Waals surface area contributed by atoms with Gasteiger partial charge in [0.2, 0.25) is 0 Å². The largest absolute Gasteiger partial charge is 0.261 e. The summed E-state index contributed by atoms with van der Waals surface area (Å²) in [6.45, 7) is 15.2. The van der Waals surface area contributed by atoms with Crippen LogP contribution in [0.4, 0.5) is 0 Å². The van der Waals surface area contributed by atoms with Gasteiger partial charge in [0.1, 0.15) is 29.6 Å². The standard InChI is InChI=1S/3C6H8N2.C5H7N3/c1-5-3-7-4-6(2)8-5;2*1-5-3-4-7-6(2)8-5;1-4-6-3-7-5(2)8-4/h3*3-4H,1-2H3;3H,1-2H3. The van der Waals surface area contributed by atoms with Crippen molar-refractivity contribution in [3.8, 4) is 0 Å². The Hall–Kier alpha value is -3.75. The normalized spacial score (nSPS) is 9.25. The molecule has 0 aliphatic rings. The Bertz CT molecular complexity index is 841. The number of rotatable bonds is 0. The molecule has 4 heterocycles. The molecule has 0 spiro atoms. The predicted molar refractivity (Wildman–Crippen MR) is 124 cm³/mol. The van der Waals surface area contributed by atoms with Crippen LogP contribution in [0.3, 0.4) is 0 Å². The fourth-order valence-corrected chi connectivity index (χ4v) is 2.23. The van der Waals surface area contributed by atoms with Gasteiger partial charge in [-0.2, -0.15) is 0 Å². The minimum atomic E-state index is 0.775. The molecule has 0 saturated heterocycles.